The monoisotopic (exact) mass is 205 g/mol. The molecule has 0 aromatic rings. The summed E-state index contributed by atoms with van der Waals surface area (Å²) in [6, 6.07) is 0. The van der Waals surface area contributed by atoms with Crippen LogP contribution in [0.25, 0.3) is 0 Å². The summed E-state index contributed by atoms with van der Waals surface area (Å²) < 4.78 is 0. The number of nitrogens with one attached hydrogen (secondary N) is 1. The number of carboxylic acids is 1. The van der Waals surface area contributed by atoms with Gasteiger partial charge in [-0.05, 0) is 20.8 Å². The minimum Gasteiger partial charge on any atom is -0.479 e. The first-order valence-corrected chi connectivity index (χ1v) is 4.36. The Morgan fingerprint density at radius 2 is 1.79 bits per heavy atom. The Hall–Kier alpha value is -1.30. The number of rotatable bonds is 3. The maximum atomic E-state index is 9.45. The minimum absolute atomic E-state index is 0.162. The molecule has 0 aromatic carbocycles. The SMILES string of the molecule is CC(O)C(=O)O.CCN(CC)C(=N)N. The molecule has 14 heavy (non-hydrogen) atoms. The van der Waals surface area contributed by atoms with E-state index in [1.54, 1.807) is 4.90 Å². The van der Waals surface area contributed by atoms with Crippen LogP contribution in [0.3, 0.4) is 0 Å². The highest BCUT2D eigenvalue weighted by molar-refractivity contribution is 5.74. The second kappa shape index (κ2) is 8.31. The molecular weight excluding hydrogens is 186 g/mol. The van der Waals surface area contributed by atoms with Gasteiger partial charge in [0, 0.05) is 13.1 Å². The van der Waals surface area contributed by atoms with Gasteiger partial charge in [-0.3, -0.25) is 5.41 Å². The number of carboxylic acid groups (broad SMARTS) is 1. The number of carbonyl (C=O) groups is 1. The number of aliphatic hydroxyl groups is 1. The quantitative estimate of drug-likeness (QED) is 0.372. The van der Waals surface area contributed by atoms with Crippen LogP contribution in [0.1, 0.15) is 20.8 Å². The van der Waals surface area contributed by atoms with Gasteiger partial charge in [0.05, 0.1) is 0 Å². The van der Waals surface area contributed by atoms with Crippen LogP contribution in [0, 0.1) is 5.41 Å². The lowest BCUT2D eigenvalue weighted by molar-refractivity contribution is -0.145. The molecule has 0 saturated carbocycles. The smallest absolute Gasteiger partial charge is 0.332 e. The molecule has 6 heteroatoms. The van der Waals surface area contributed by atoms with Crippen molar-refractivity contribution in [3.63, 3.8) is 0 Å². The number of nitrogens with two attached hydrogens (primary N) is 1. The predicted octanol–water partition coefficient (Wildman–Crippen LogP) is -0.327. The lowest BCUT2D eigenvalue weighted by Crippen LogP contribution is -2.35. The number of nitrogens with zero attached hydrogens (tertiary/aromatic N) is 1. The van der Waals surface area contributed by atoms with Crippen molar-refractivity contribution < 1.29 is 15.0 Å². The van der Waals surface area contributed by atoms with Crippen LogP contribution in [-0.4, -0.2) is 46.2 Å². The van der Waals surface area contributed by atoms with Crippen LogP contribution in [-0.2, 0) is 4.79 Å². The molecule has 6 nitrogen and oxygen atoms in total. The van der Waals surface area contributed by atoms with Crippen molar-refractivity contribution in [2.45, 2.75) is 26.9 Å². The molecule has 0 aliphatic rings. The van der Waals surface area contributed by atoms with Crippen molar-refractivity contribution in [3.8, 4) is 0 Å². The highest BCUT2D eigenvalue weighted by Gasteiger charge is 2.01. The fraction of sp³-hybridized carbons (Fsp3) is 0.750. The first kappa shape index (κ1) is 15.2. The van der Waals surface area contributed by atoms with Gasteiger partial charge in [0.25, 0.3) is 0 Å². The average molecular weight is 205 g/mol. The summed E-state index contributed by atoms with van der Waals surface area (Å²) in [6.07, 6.45) is -1.23. The van der Waals surface area contributed by atoms with Crippen molar-refractivity contribution in [3.05, 3.63) is 0 Å². The van der Waals surface area contributed by atoms with E-state index in [9.17, 15) is 4.79 Å². The summed E-state index contributed by atoms with van der Waals surface area (Å²) in [5.74, 6) is -1.02. The van der Waals surface area contributed by atoms with Crippen LogP contribution in [0.2, 0.25) is 0 Å². The fourth-order valence-electron chi connectivity index (χ4n) is 0.564. The second-order valence-electron chi connectivity index (χ2n) is 2.57. The Kier molecular flexibility index (Phi) is 9.01. The van der Waals surface area contributed by atoms with E-state index in [2.05, 4.69) is 0 Å². The zero-order chi connectivity index (χ0) is 11.7. The van der Waals surface area contributed by atoms with Crippen molar-refractivity contribution in [2.75, 3.05) is 13.1 Å². The molecule has 0 saturated heterocycles. The average Bonchev–Trinajstić information content (AvgIpc) is 2.06. The molecule has 0 amide bonds. The van der Waals surface area contributed by atoms with Crippen LogP contribution in [0.4, 0.5) is 0 Å². The molecule has 0 spiro atoms. The highest BCUT2D eigenvalue weighted by atomic mass is 16.4. The van der Waals surface area contributed by atoms with Crippen molar-refractivity contribution >= 4 is 11.9 Å². The third-order valence-corrected chi connectivity index (χ3v) is 1.46. The highest BCUT2D eigenvalue weighted by Crippen LogP contribution is 1.81. The molecule has 0 rings (SSSR count). The van der Waals surface area contributed by atoms with Crippen molar-refractivity contribution in [1.29, 1.82) is 5.41 Å². The maximum absolute atomic E-state index is 9.45. The Morgan fingerprint density at radius 1 is 1.50 bits per heavy atom. The van der Waals surface area contributed by atoms with E-state index >= 15 is 0 Å². The van der Waals surface area contributed by atoms with Gasteiger partial charge in [0.2, 0.25) is 0 Å². The molecular formula is C8H19N3O3. The molecule has 0 bridgehead atoms. The van der Waals surface area contributed by atoms with Gasteiger partial charge in [-0.15, -0.1) is 0 Å². The summed E-state index contributed by atoms with van der Waals surface area (Å²) in [5, 5.41) is 22.7. The maximum Gasteiger partial charge on any atom is 0.332 e. The molecule has 84 valence electrons. The molecule has 0 heterocycles. The third-order valence-electron chi connectivity index (χ3n) is 1.46. The molecule has 1 atom stereocenters. The summed E-state index contributed by atoms with van der Waals surface area (Å²) in [4.78, 5) is 11.2. The van der Waals surface area contributed by atoms with E-state index in [4.69, 9.17) is 21.4 Å². The zero-order valence-corrected chi connectivity index (χ0v) is 8.82. The van der Waals surface area contributed by atoms with Gasteiger partial charge in [0.15, 0.2) is 5.96 Å². The number of aliphatic carboxylic acids is 1. The minimum atomic E-state index is -1.23. The van der Waals surface area contributed by atoms with E-state index in [1.165, 1.54) is 6.92 Å². The number of guanidine groups is 1. The van der Waals surface area contributed by atoms with Crippen LogP contribution >= 0.6 is 0 Å². The Morgan fingerprint density at radius 3 is 1.79 bits per heavy atom. The van der Waals surface area contributed by atoms with Gasteiger partial charge >= 0.3 is 5.97 Å². The van der Waals surface area contributed by atoms with Gasteiger partial charge < -0.3 is 20.8 Å². The van der Waals surface area contributed by atoms with Crippen molar-refractivity contribution in [1.82, 2.24) is 4.90 Å². The van der Waals surface area contributed by atoms with Crippen LogP contribution < -0.4 is 5.73 Å². The topological polar surface area (TPSA) is 111 Å². The largest absolute Gasteiger partial charge is 0.479 e. The summed E-state index contributed by atoms with van der Waals surface area (Å²) >= 11 is 0. The predicted molar refractivity (Wildman–Crippen MR) is 54.2 cm³/mol. The third kappa shape index (κ3) is 8.79. The molecule has 0 aliphatic carbocycles. The van der Waals surface area contributed by atoms with E-state index in [0.29, 0.717) is 0 Å². The standard InChI is InChI=1S/C5H13N3.C3H6O3/c1-3-8(4-2)5(6)7;1-2(4)3(5)6/h3-4H2,1-2H3,(H3,6,7);2,4H,1H3,(H,5,6). The molecule has 0 aliphatic heterocycles. The van der Waals surface area contributed by atoms with Crippen molar-refractivity contribution in [2.24, 2.45) is 5.73 Å². The Bertz CT molecular complexity index is 179. The van der Waals surface area contributed by atoms with Crippen LogP contribution in [0.5, 0.6) is 0 Å². The first-order valence-electron chi connectivity index (χ1n) is 4.36. The molecule has 0 aromatic heterocycles. The number of hydrogen-bond acceptors (Lipinski definition) is 3. The normalized spacial score (nSPS) is 10.9. The Labute approximate surface area is 83.8 Å². The van der Waals surface area contributed by atoms with E-state index in [0.717, 1.165) is 13.1 Å². The summed E-state index contributed by atoms with van der Waals surface area (Å²) in [7, 11) is 0. The molecule has 0 radical (unpaired) electrons. The van der Waals surface area contributed by atoms with Crippen LogP contribution in [0.15, 0.2) is 0 Å². The van der Waals surface area contributed by atoms with E-state index in [-0.39, 0.29) is 5.96 Å². The first-order chi connectivity index (χ1) is 6.36. The van der Waals surface area contributed by atoms with Gasteiger partial charge in [-0.25, -0.2) is 4.79 Å². The molecule has 1 unspecified atom stereocenters. The number of hydrogen-bond donors (Lipinski definition) is 4. The molecule has 5 N–H and O–H groups in total. The molecule has 0 fully saturated rings. The lowest BCUT2D eigenvalue weighted by atomic mass is 10.4. The van der Waals surface area contributed by atoms with Gasteiger partial charge in [-0.2, -0.15) is 0 Å². The Balaban J connectivity index is 0. The second-order valence-corrected chi connectivity index (χ2v) is 2.57. The van der Waals surface area contributed by atoms with E-state index < -0.39 is 12.1 Å². The fourth-order valence-corrected chi connectivity index (χ4v) is 0.564. The van der Waals surface area contributed by atoms with E-state index in [1.807, 2.05) is 13.8 Å². The zero-order valence-electron chi connectivity index (χ0n) is 8.82. The summed E-state index contributed by atoms with van der Waals surface area (Å²) in [5.41, 5.74) is 5.17. The number of aliphatic hydroxyl groups excluding tert-OH is 1. The lowest BCUT2D eigenvalue weighted by Gasteiger charge is -2.16. The van der Waals surface area contributed by atoms with Gasteiger partial charge in [0.1, 0.15) is 6.10 Å². The summed E-state index contributed by atoms with van der Waals surface area (Å²) in [6.45, 7) is 6.80. The van der Waals surface area contributed by atoms with Gasteiger partial charge in [-0.1, -0.05) is 0 Å².